The number of para-hydroxylation sites is 1. The van der Waals surface area contributed by atoms with Crippen LogP contribution in [0.3, 0.4) is 0 Å². The molecule has 0 unspecified atom stereocenters. The Morgan fingerprint density at radius 1 is 1.23 bits per heavy atom. The van der Waals surface area contributed by atoms with Gasteiger partial charge in [-0.15, -0.1) is 0 Å². The molecule has 160 valence electrons. The van der Waals surface area contributed by atoms with Crippen molar-refractivity contribution < 1.29 is 23.5 Å². The molecule has 0 atom stereocenters. The van der Waals surface area contributed by atoms with E-state index in [4.69, 9.17) is 4.74 Å². The molecular formula is C21H16Br2FN3O4. The Kier molecular flexibility index (Phi) is 7.24. The fraction of sp³-hybridized carbons (Fsp3) is 0.0952. The second-order valence-electron chi connectivity index (χ2n) is 6.32. The summed E-state index contributed by atoms with van der Waals surface area (Å²) in [5, 5.41) is 4.78. The quantitative estimate of drug-likeness (QED) is 0.302. The fourth-order valence-electron chi connectivity index (χ4n) is 2.72. The highest BCUT2D eigenvalue weighted by atomic mass is 79.9. The number of carbonyl (C=O) groups is 3. The van der Waals surface area contributed by atoms with Crippen molar-refractivity contribution in [2.45, 2.75) is 0 Å². The summed E-state index contributed by atoms with van der Waals surface area (Å²) in [5.74, 6) is -1.43. The van der Waals surface area contributed by atoms with Crippen molar-refractivity contribution in [1.82, 2.24) is 10.2 Å². The number of hydrogen-bond donors (Lipinski definition) is 2. The number of imide groups is 1. The molecule has 10 heteroatoms. The lowest BCUT2D eigenvalue weighted by atomic mass is 10.2. The average molecular weight is 553 g/mol. The molecule has 1 saturated heterocycles. The van der Waals surface area contributed by atoms with Crippen LogP contribution in [-0.4, -0.2) is 35.9 Å². The largest absolute Gasteiger partial charge is 0.487 e. The first-order valence-corrected chi connectivity index (χ1v) is 10.5. The molecule has 31 heavy (non-hydrogen) atoms. The zero-order valence-electron chi connectivity index (χ0n) is 16.0. The van der Waals surface area contributed by atoms with Gasteiger partial charge in [-0.3, -0.25) is 9.59 Å². The lowest BCUT2D eigenvalue weighted by molar-refractivity contribution is -0.127. The zero-order valence-corrected chi connectivity index (χ0v) is 19.1. The molecule has 0 aliphatic carbocycles. The average Bonchev–Trinajstić information content (AvgIpc) is 2.96. The minimum absolute atomic E-state index is 0.00208. The van der Waals surface area contributed by atoms with E-state index >= 15 is 0 Å². The maximum Gasteiger partial charge on any atom is 0.329 e. The van der Waals surface area contributed by atoms with Crippen LogP contribution in [0.4, 0.5) is 14.9 Å². The van der Waals surface area contributed by atoms with E-state index in [0.717, 1.165) is 4.90 Å². The zero-order chi connectivity index (χ0) is 22.5. The summed E-state index contributed by atoms with van der Waals surface area (Å²) in [6, 6.07) is 8.28. The molecule has 2 aromatic rings. The Bertz CT molecular complexity index is 1080. The van der Waals surface area contributed by atoms with Gasteiger partial charge in [-0.1, -0.05) is 24.8 Å². The fourth-order valence-corrected chi connectivity index (χ4v) is 4.17. The van der Waals surface area contributed by atoms with E-state index in [0.29, 0.717) is 26.9 Å². The maximum absolute atomic E-state index is 13.7. The van der Waals surface area contributed by atoms with Gasteiger partial charge in [0.25, 0.3) is 5.91 Å². The molecule has 0 saturated carbocycles. The highest BCUT2D eigenvalue weighted by Crippen LogP contribution is 2.35. The number of hydrogen-bond acceptors (Lipinski definition) is 4. The molecule has 0 radical (unpaired) electrons. The molecule has 7 nitrogen and oxygen atoms in total. The molecule has 0 spiro atoms. The van der Waals surface area contributed by atoms with Gasteiger partial charge in [0.05, 0.1) is 14.6 Å². The van der Waals surface area contributed by atoms with Crippen molar-refractivity contribution in [3.63, 3.8) is 0 Å². The van der Waals surface area contributed by atoms with Crippen molar-refractivity contribution >= 4 is 61.5 Å². The van der Waals surface area contributed by atoms with E-state index in [2.05, 4.69) is 49.1 Å². The third-order valence-corrected chi connectivity index (χ3v) is 5.27. The highest BCUT2D eigenvalue weighted by molar-refractivity contribution is 9.11. The van der Waals surface area contributed by atoms with Crippen LogP contribution in [0.5, 0.6) is 5.75 Å². The summed E-state index contributed by atoms with van der Waals surface area (Å²) in [5.41, 5.74) is 0.567. The molecule has 2 aromatic carbocycles. The first-order chi connectivity index (χ1) is 14.8. The second kappa shape index (κ2) is 9.88. The van der Waals surface area contributed by atoms with Crippen molar-refractivity contribution in [3.8, 4) is 5.75 Å². The van der Waals surface area contributed by atoms with Crippen LogP contribution in [0.2, 0.25) is 0 Å². The van der Waals surface area contributed by atoms with E-state index in [9.17, 15) is 18.8 Å². The molecule has 1 heterocycles. The Balaban J connectivity index is 1.74. The summed E-state index contributed by atoms with van der Waals surface area (Å²) in [4.78, 5) is 37.7. The van der Waals surface area contributed by atoms with Gasteiger partial charge < -0.3 is 15.4 Å². The van der Waals surface area contributed by atoms with Gasteiger partial charge in [-0.05, 0) is 67.8 Å². The number of nitrogens with zero attached hydrogens (tertiary/aromatic N) is 1. The molecule has 1 aliphatic heterocycles. The van der Waals surface area contributed by atoms with Crippen molar-refractivity contribution in [2.75, 3.05) is 18.5 Å². The number of carbonyl (C=O) groups excluding carboxylic acids is 3. The van der Waals surface area contributed by atoms with Gasteiger partial charge in [0.15, 0.2) is 0 Å². The van der Waals surface area contributed by atoms with Crippen LogP contribution in [0, 0.1) is 5.82 Å². The van der Waals surface area contributed by atoms with Gasteiger partial charge in [0.1, 0.15) is 30.4 Å². The van der Waals surface area contributed by atoms with Crippen LogP contribution in [0.1, 0.15) is 5.56 Å². The van der Waals surface area contributed by atoms with Crippen molar-refractivity contribution in [2.24, 2.45) is 0 Å². The Morgan fingerprint density at radius 2 is 1.90 bits per heavy atom. The number of halogens is 3. The normalized spacial score (nSPS) is 14.5. The summed E-state index contributed by atoms with van der Waals surface area (Å²) in [6.45, 7) is 3.36. The Hall–Kier alpha value is -2.98. The number of ether oxygens (including phenoxy) is 1. The second-order valence-corrected chi connectivity index (χ2v) is 8.03. The maximum atomic E-state index is 13.7. The number of urea groups is 1. The Morgan fingerprint density at radius 3 is 2.55 bits per heavy atom. The van der Waals surface area contributed by atoms with Crippen molar-refractivity contribution in [1.29, 1.82) is 0 Å². The van der Waals surface area contributed by atoms with E-state index < -0.39 is 30.2 Å². The molecule has 3 rings (SSSR count). The number of amides is 4. The Labute approximate surface area is 194 Å². The first kappa shape index (κ1) is 22.7. The summed E-state index contributed by atoms with van der Waals surface area (Å²) in [6.07, 6.45) is 3.08. The van der Waals surface area contributed by atoms with E-state index in [1.54, 1.807) is 24.3 Å². The smallest absolute Gasteiger partial charge is 0.329 e. The number of anilines is 1. The van der Waals surface area contributed by atoms with E-state index in [1.807, 2.05) is 0 Å². The summed E-state index contributed by atoms with van der Waals surface area (Å²) < 4.78 is 20.5. The van der Waals surface area contributed by atoms with Gasteiger partial charge in [-0.25, -0.2) is 14.1 Å². The lowest BCUT2D eigenvalue weighted by Gasteiger charge is -2.12. The SMILES string of the molecule is C=CCOc1c(Br)cc(/C=C2\NC(=O)N(CC(=O)Nc3ccccc3F)C2=O)cc1Br. The predicted molar refractivity (Wildman–Crippen MR) is 121 cm³/mol. The van der Waals surface area contributed by atoms with Crippen LogP contribution in [0.15, 0.2) is 63.7 Å². The van der Waals surface area contributed by atoms with Crippen LogP contribution < -0.4 is 15.4 Å². The number of benzene rings is 2. The van der Waals surface area contributed by atoms with Gasteiger partial charge in [-0.2, -0.15) is 0 Å². The minimum Gasteiger partial charge on any atom is -0.487 e. The summed E-state index contributed by atoms with van der Waals surface area (Å²) >= 11 is 6.80. The monoisotopic (exact) mass is 551 g/mol. The third kappa shape index (κ3) is 5.39. The molecule has 1 aliphatic rings. The first-order valence-electron chi connectivity index (χ1n) is 8.92. The topological polar surface area (TPSA) is 87.7 Å². The predicted octanol–water partition coefficient (Wildman–Crippen LogP) is 4.45. The van der Waals surface area contributed by atoms with Crippen LogP contribution in [0.25, 0.3) is 6.08 Å². The minimum atomic E-state index is -0.746. The molecule has 0 bridgehead atoms. The van der Waals surface area contributed by atoms with Crippen LogP contribution >= 0.6 is 31.9 Å². The van der Waals surface area contributed by atoms with Crippen molar-refractivity contribution in [3.05, 3.63) is 75.1 Å². The van der Waals surface area contributed by atoms with Gasteiger partial charge >= 0.3 is 6.03 Å². The summed E-state index contributed by atoms with van der Waals surface area (Å²) in [7, 11) is 0. The molecule has 0 aromatic heterocycles. The number of nitrogens with one attached hydrogen (secondary N) is 2. The molecule has 4 amide bonds. The van der Waals surface area contributed by atoms with Gasteiger partial charge in [0.2, 0.25) is 5.91 Å². The number of rotatable bonds is 7. The standard InChI is InChI=1S/C21H16Br2FN3O4/c1-2-7-31-19-13(22)8-12(9-14(19)23)10-17-20(29)27(21(30)26-17)11-18(28)25-16-6-4-3-5-15(16)24/h2-6,8-10H,1,7,11H2,(H,25,28)(H,26,30)/b17-10-. The van der Waals surface area contributed by atoms with E-state index in [-0.39, 0.29) is 11.4 Å². The molecule has 1 fully saturated rings. The van der Waals surface area contributed by atoms with Gasteiger partial charge in [0, 0.05) is 0 Å². The highest BCUT2D eigenvalue weighted by Gasteiger charge is 2.35. The lowest BCUT2D eigenvalue weighted by Crippen LogP contribution is -2.38. The third-order valence-electron chi connectivity index (χ3n) is 4.09. The van der Waals surface area contributed by atoms with E-state index in [1.165, 1.54) is 24.3 Å². The molecule has 2 N–H and O–H groups in total. The van der Waals surface area contributed by atoms with Crippen LogP contribution in [-0.2, 0) is 9.59 Å². The molecular weight excluding hydrogens is 537 g/mol.